The van der Waals surface area contributed by atoms with Crippen LogP contribution >= 0.6 is 0 Å². The van der Waals surface area contributed by atoms with Crippen molar-refractivity contribution in [3.63, 3.8) is 0 Å². The molecule has 0 aliphatic carbocycles. The van der Waals surface area contributed by atoms with Crippen LogP contribution in [0.2, 0.25) is 0 Å². The highest BCUT2D eigenvalue weighted by molar-refractivity contribution is 7.92. The van der Waals surface area contributed by atoms with Gasteiger partial charge >= 0.3 is 5.51 Å². The van der Waals surface area contributed by atoms with Crippen LogP contribution in [0, 0.1) is 0 Å². The van der Waals surface area contributed by atoms with Crippen molar-refractivity contribution in [1.82, 2.24) is 0 Å². The summed E-state index contributed by atoms with van der Waals surface area (Å²) >= 11 is 0. The lowest BCUT2D eigenvalue weighted by Crippen LogP contribution is -2.24. The van der Waals surface area contributed by atoms with Crippen molar-refractivity contribution >= 4 is 26.9 Å². The summed E-state index contributed by atoms with van der Waals surface area (Å²) < 4.78 is 60.4. The summed E-state index contributed by atoms with van der Waals surface area (Å²) in [6.07, 6.45) is 0.126. The Bertz CT molecular complexity index is 748. The van der Waals surface area contributed by atoms with Gasteiger partial charge in [-0.05, 0) is 16.8 Å². The second-order valence-electron chi connectivity index (χ2n) is 3.77. The van der Waals surface area contributed by atoms with Gasteiger partial charge in [-0.25, -0.2) is 8.42 Å². The Morgan fingerprint density at radius 1 is 1.00 bits per heavy atom. The topological polar surface area (TPSA) is 51.2 Å². The van der Waals surface area contributed by atoms with Gasteiger partial charge in [0.1, 0.15) is 0 Å². The lowest BCUT2D eigenvalue weighted by Gasteiger charge is -2.11. The van der Waals surface area contributed by atoms with E-state index < -0.39 is 25.8 Å². The van der Waals surface area contributed by atoms with Crippen LogP contribution in [-0.4, -0.2) is 20.2 Å². The normalized spacial score (nSPS) is 12.6. The van der Waals surface area contributed by atoms with Crippen LogP contribution in [0.3, 0.4) is 0 Å². The van der Waals surface area contributed by atoms with E-state index in [-0.39, 0.29) is 11.7 Å². The first-order chi connectivity index (χ1) is 8.79. The molecule has 2 aromatic carbocycles. The van der Waals surface area contributed by atoms with Crippen molar-refractivity contribution in [3.05, 3.63) is 42.0 Å². The average molecular weight is 288 g/mol. The predicted molar refractivity (Wildman–Crippen MR) is 62.6 cm³/mol. The second-order valence-corrected chi connectivity index (χ2v) is 5.68. The first-order valence-electron chi connectivity index (χ1n) is 5.07. The molecule has 0 spiro atoms. The number of rotatable bonds is 2. The van der Waals surface area contributed by atoms with Crippen LogP contribution in [0.15, 0.2) is 41.3 Å². The third-order valence-corrected chi connectivity index (χ3v) is 4.19. The molecule has 0 fully saturated rings. The van der Waals surface area contributed by atoms with Gasteiger partial charge in [-0.2, -0.15) is 13.2 Å². The van der Waals surface area contributed by atoms with Crippen molar-refractivity contribution in [2.45, 2.75) is 10.4 Å². The number of hydrogen-bond acceptors (Lipinski definition) is 3. The number of fused-ring (bicyclic) bond motifs is 1. The maximum Gasteiger partial charge on any atom is 0.501 e. The smallest absolute Gasteiger partial charge is 0.298 e. The molecule has 7 heteroatoms. The highest BCUT2D eigenvalue weighted by Gasteiger charge is 2.48. The Morgan fingerprint density at radius 3 is 2.21 bits per heavy atom. The number of carbonyl (C=O) groups is 1. The molecule has 19 heavy (non-hydrogen) atoms. The Labute approximate surface area is 106 Å². The third-order valence-electron chi connectivity index (χ3n) is 2.64. The van der Waals surface area contributed by atoms with E-state index in [0.717, 1.165) is 6.07 Å². The maximum absolute atomic E-state index is 12.5. The van der Waals surface area contributed by atoms with Crippen LogP contribution in [-0.2, 0) is 9.84 Å². The van der Waals surface area contributed by atoms with Gasteiger partial charge in [0, 0.05) is 5.56 Å². The molecular formula is C12H7F3O3S. The van der Waals surface area contributed by atoms with E-state index in [1.54, 1.807) is 12.1 Å². The summed E-state index contributed by atoms with van der Waals surface area (Å²) in [7, 11) is -5.54. The summed E-state index contributed by atoms with van der Waals surface area (Å²) in [6.45, 7) is 0. The van der Waals surface area contributed by atoms with E-state index in [0.29, 0.717) is 5.39 Å². The molecule has 2 aromatic rings. The van der Waals surface area contributed by atoms with Crippen LogP contribution in [0.5, 0.6) is 0 Å². The molecule has 0 radical (unpaired) electrons. The van der Waals surface area contributed by atoms with Gasteiger partial charge in [0.2, 0.25) is 0 Å². The number of hydrogen-bond donors (Lipinski definition) is 0. The zero-order chi connectivity index (χ0) is 14.3. The highest BCUT2D eigenvalue weighted by Crippen LogP contribution is 2.34. The molecule has 3 nitrogen and oxygen atoms in total. The highest BCUT2D eigenvalue weighted by atomic mass is 32.2. The molecule has 0 atom stereocenters. The SMILES string of the molecule is O=Cc1c(S(=O)(=O)C(F)(F)F)ccc2ccccc12. The number of carbonyl (C=O) groups excluding carboxylic acids is 1. The summed E-state index contributed by atoms with van der Waals surface area (Å²) in [5.41, 5.74) is -5.91. The molecule has 0 bridgehead atoms. The molecule has 0 unspecified atom stereocenters. The standard InChI is InChI=1S/C12H7F3O3S/c13-12(14,15)19(17,18)11-6-5-8-3-1-2-4-9(8)10(11)7-16/h1-7H. The Morgan fingerprint density at radius 2 is 1.63 bits per heavy atom. The molecule has 0 amide bonds. The fourth-order valence-corrected chi connectivity index (χ4v) is 2.70. The Balaban J connectivity index is 2.87. The molecule has 0 saturated heterocycles. The lowest BCUT2D eigenvalue weighted by molar-refractivity contribution is -0.0436. The van der Waals surface area contributed by atoms with Gasteiger partial charge in [-0.3, -0.25) is 4.79 Å². The first kappa shape index (κ1) is 13.5. The number of alkyl halides is 3. The molecule has 0 heterocycles. The minimum atomic E-state index is -5.54. The average Bonchev–Trinajstić information content (AvgIpc) is 2.35. The molecule has 100 valence electrons. The molecule has 2 rings (SSSR count). The number of halogens is 3. The molecule has 0 aliphatic heterocycles. The fraction of sp³-hybridized carbons (Fsp3) is 0.0833. The van der Waals surface area contributed by atoms with E-state index in [1.165, 1.54) is 18.2 Å². The molecule has 0 aliphatic rings. The van der Waals surface area contributed by atoms with Crippen LogP contribution < -0.4 is 0 Å². The molecule has 0 N–H and O–H groups in total. The van der Waals surface area contributed by atoms with E-state index >= 15 is 0 Å². The van der Waals surface area contributed by atoms with Crippen molar-refractivity contribution in [2.24, 2.45) is 0 Å². The molecule has 0 aromatic heterocycles. The van der Waals surface area contributed by atoms with Gasteiger partial charge in [0.15, 0.2) is 6.29 Å². The Hall–Kier alpha value is -1.89. The van der Waals surface area contributed by atoms with E-state index in [1.807, 2.05) is 0 Å². The van der Waals surface area contributed by atoms with Crippen LogP contribution in [0.1, 0.15) is 10.4 Å². The van der Waals surface area contributed by atoms with Gasteiger partial charge in [-0.15, -0.1) is 0 Å². The zero-order valence-corrected chi connectivity index (χ0v) is 10.1. The quantitative estimate of drug-likeness (QED) is 0.798. The van der Waals surface area contributed by atoms with E-state index in [4.69, 9.17) is 0 Å². The Kier molecular flexibility index (Phi) is 3.09. The minimum Gasteiger partial charge on any atom is -0.298 e. The van der Waals surface area contributed by atoms with E-state index in [2.05, 4.69) is 0 Å². The van der Waals surface area contributed by atoms with Crippen molar-refractivity contribution in [1.29, 1.82) is 0 Å². The fourth-order valence-electron chi connectivity index (χ4n) is 1.76. The number of sulfone groups is 1. The predicted octanol–water partition coefficient (Wildman–Crippen LogP) is 2.95. The van der Waals surface area contributed by atoms with Gasteiger partial charge < -0.3 is 0 Å². The minimum absolute atomic E-state index is 0.126. The summed E-state index contributed by atoms with van der Waals surface area (Å²) in [5, 5.41) is 0.661. The molecule has 0 saturated carbocycles. The first-order valence-corrected chi connectivity index (χ1v) is 6.55. The van der Waals surface area contributed by atoms with Gasteiger partial charge in [0.25, 0.3) is 9.84 Å². The van der Waals surface area contributed by atoms with Crippen LogP contribution in [0.4, 0.5) is 13.2 Å². The third kappa shape index (κ3) is 2.10. The largest absolute Gasteiger partial charge is 0.501 e. The van der Waals surface area contributed by atoms with Crippen molar-refractivity contribution in [2.75, 3.05) is 0 Å². The van der Waals surface area contributed by atoms with Crippen molar-refractivity contribution < 1.29 is 26.4 Å². The summed E-state index contributed by atoms with van der Waals surface area (Å²) in [6, 6.07) is 8.16. The van der Waals surface area contributed by atoms with Crippen LogP contribution in [0.25, 0.3) is 10.8 Å². The maximum atomic E-state index is 12.5. The number of aldehydes is 1. The van der Waals surface area contributed by atoms with Gasteiger partial charge in [0.05, 0.1) is 4.90 Å². The van der Waals surface area contributed by atoms with E-state index in [9.17, 15) is 26.4 Å². The van der Waals surface area contributed by atoms with Crippen molar-refractivity contribution in [3.8, 4) is 0 Å². The summed E-state index contributed by atoms with van der Waals surface area (Å²) in [4.78, 5) is 9.96. The number of benzene rings is 2. The van der Waals surface area contributed by atoms with Gasteiger partial charge in [-0.1, -0.05) is 30.3 Å². The zero-order valence-electron chi connectivity index (χ0n) is 9.31. The molecular weight excluding hydrogens is 281 g/mol. The monoisotopic (exact) mass is 288 g/mol. The summed E-state index contributed by atoms with van der Waals surface area (Å²) in [5.74, 6) is 0. The second kappa shape index (κ2) is 4.34. The lowest BCUT2D eigenvalue weighted by atomic mass is 10.1.